The van der Waals surface area contributed by atoms with Gasteiger partial charge in [-0.05, 0) is 32.0 Å². The van der Waals surface area contributed by atoms with Crippen molar-refractivity contribution in [1.82, 2.24) is 14.6 Å². The Morgan fingerprint density at radius 1 is 1.39 bits per heavy atom. The van der Waals surface area contributed by atoms with E-state index in [0.29, 0.717) is 0 Å². The highest BCUT2D eigenvalue weighted by atomic mass is 35.5. The van der Waals surface area contributed by atoms with Gasteiger partial charge in [-0.1, -0.05) is 23.2 Å². The molecule has 6 atom stereocenters. The molecule has 0 bridgehead atoms. The number of alkyl halides is 1. The van der Waals surface area contributed by atoms with Gasteiger partial charge < -0.3 is 19.1 Å². The average molecular weight is 570 g/mol. The number of methoxy groups -OCH3 is 1. The van der Waals surface area contributed by atoms with E-state index >= 15 is 4.39 Å². The van der Waals surface area contributed by atoms with Gasteiger partial charge in [-0.15, -0.1) is 0 Å². The number of halogens is 3. The summed E-state index contributed by atoms with van der Waals surface area (Å²) >= 11 is 12.0. The number of hydrogen-bond donors (Lipinski definition) is 3. The van der Waals surface area contributed by atoms with Gasteiger partial charge in [0.1, 0.15) is 24.0 Å². The number of ether oxygens (including phenoxy) is 2. The molecule has 36 heavy (non-hydrogen) atoms. The summed E-state index contributed by atoms with van der Waals surface area (Å²) in [6.07, 6.45) is -3.95. The van der Waals surface area contributed by atoms with Gasteiger partial charge in [0, 0.05) is 17.3 Å². The number of carbonyl (C=O) groups is 1. The number of aromatic amines is 1. The van der Waals surface area contributed by atoms with Crippen LogP contribution in [0.2, 0.25) is 10.0 Å². The first-order chi connectivity index (χ1) is 16.8. The molecule has 2 aromatic rings. The Bertz CT molecular complexity index is 1290. The van der Waals surface area contributed by atoms with Crippen LogP contribution in [0.1, 0.15) is 20.1 Å². The molecule has 0 spiro atoms. The van der Waals surface area contributed by atoms with Crippen molar-refractivity contribution in [2.24, 2.45) is 0 Å². The van der Waals surface area contributed by atoms with Crippen molar-refractivity contribution in [3.8, 4) is 5.75 Å². The number of H-pyrrole nitrogens is 1. The van der Waals surface area contributed by atoms with Crippen LogP contribution < -0.4 is 20.9 Å². The number of nitrogens with one attached hydrogen (secondary N) is 2. The second kappa shape index (κ2) is 11.0. The number of nitrogens with zero attached hydrogens (tertiary/aromatic N) is 1. The Hall–Kier alpha value is -2.25. The van der Waals surface area contributed by atoms with E-state index in [0.717, 1.165) is 30.9 Å². The Labute approximate surface area is 213 Å². The number of aliphatic hydroxyl groups excluding tert-OH is 1. The molecule has 198 valence electrons. The first-order valence-electron chi connectivity index (χ1n) is 10.4. The fourth-order valence-corrected chi connectivity index (χ4v) is 5.39. The maximum absolute atomic E-state index is 15.4. The molecule has 0 saturated carbocycles. The summed E-state index contributed by atoms with van der Waals surface area (Å²) < 4.78 is 50.7. The summed E-state index contributed by atoms with van der Waals surface area (Å²) in [6, 6.07) is 3.83. The minimum atomic E-state index is -4.44. The van der Waals surface area contributed by atoms with Crippen molar-refractivity contribution in [1.29, 1.82) is 0 Å². The van der Waals surface area contributed by atoms with Crippen molar-refractivity contribution >= 4 is 36.9 Å². The molecule has 1 aliphatic rings. The van der Waals surface area contributed by atoms with Crippen LogP contribution in [0.25, 0.3) is 0 Å². The van der Waals surface area contributed by atoms with E-state index < -0.39 is 61.7 Å². The van der Waals surface area contributed by atoms with Crippen LogP contribution in [0.4, 0.5) is 4.39 Å². The lowest BCUT2D eigenvalue weighted by Gasteiger charge is -2.25. The summed E-state index contributed by atoms with van der Waals surface area (Å²) in [5.41, 5.74) is -4.20. The molecule has 1 aliphatic heterocycles. The number of aliphatic hydroxyl groups is 1. The summed E-state index contributed by atoms with van der Waals surface area (Å²) in [6.45, 7) is 1.60. The fourth-order valence-electron chi connectivity index (χ4n) is 3.37. The fraction of sp³-hybridized carbons (Fsp3) is 0.450. The van der Waals surface area contributed by atoms with Crippen LogP contribution in [0.3, 0.4) is 0 Å². The number of aromatic nitrogens is 2. The Morgan fingerprint density at radius 3 is 2.69 bits per heavy atom. The second-order valence-electron chi connectivity index (χ2n) is 7.97. The normalized spacial score (nSPS) is 26.2. The second-order valence-corrected chi connectivity index (χ2v) is 10.5. The number of rotatable bonds is 9. The Kier molecular flexibility index (Phi) is 8.67. The smallest absolute Gasteiger partial charge is 0.459 e. The van der Waals surface area contributed by atoms with E-state index in [4.69, 9.17) is 37.0 Å². The van der Waals surface area contributed by atoms with Crippen molar-refractivity contribution in [2.75, 3.05) is 13.7 Å². The van der Waals surface area contributed by atoms with E-state index in [1.807, 2.05) is 4.98 Å². The molecule has 1 aromatic carbocycles. The van der Waals surface area contributed by atoms with Crippen LogP contribution in [-0.4, -0.2) is 58.3 Å². The summed E-state index contributed by atoms with van der Waals surface area (Å²) in [7, 11) is -3.33. The lowest BCUT2D eigenvalue weighted by atomic mass is 9.98. The predicted octanol–water partition coefficient (Wildman–Crippen LogP) is 2.18. The van der Waals surface area contributed by atoms with Crippen molar-refractivity contribution in [3.63, 3.8) is 0 Å². The van der Waals surface area contributed by atoms with Gasteiger partial charge in [0.25, 0.3) is 5.56 Å². The van der Waals surface area contributed by atoms with Gasteiger partial charge in [0.2, 0.25) is 0 Å². The van der Waals surface area contributed by atoms with Crippen LogP contribution in [0.5, 0.6) is 5.75 Å². The minimum Gasteiger partial charge on any atom is -0.468 e. The third kappa shape index (κ3) is 6.17. The molecular weight excluding hydrogens is 547 g/mol. The number of benzene rings is 1. The highest BCUT2D eigenvalue weighted by Gasteiger charge is 2.56. The van der Waals surface area contributed by atoms with Gasteiger partial charge in [-0.3, -0.25) is 23.7 Å². The molecule has 0 aliphatic carbocycles. The summed E-state index contributed by atoms with van der Waals surface area (Å²) in [5.74, 6) is -0.912. The van der Waals surface area contributed by atoms with Gasteiger partial charge >= 0.3 is 19.4 Å². The maximum atomic E-state index is 15.4. The highest BCUT2D eigenvalue weighted by molar-refractivity contribution is 7.52. The summed E-state index contributed by atoms with van der Waals surface area (Å²) in [5, 5.41) is 13.2. The molecule has 3 N–H and O–H groups in total. The molecule has 2 heterocycles. The molecule has 0 radical (unpaired) electrons. The molecular formula is C20H23Cl2FN3O9P. The first-order valence-corrected chi connectivity index (χ1v) is 12.7. The Morgan fingerprint density at radius 2 is 2.08 bits per heavy atom. The van der Waals surface area contributed by atoms with Crippen LogP contribution in [0.15, 0.2) is 40.1 Å². The molecule has 1 fully saturated rings. The van der Waals surface area contributed by atoms with Crippen molar-refractivity contribution in [3.05, 3.63) is 61.3 Å². The SMILES string of the molecule is COC(=O)C(C)NP(=O)(OCC1OC(n2ccc(=O)[nH]c2=O)[C@@](C)(F)C1O)Oc1ccc(Cl)cc1Cl. The van der Waals surface area contributed by atoms with E-state index in [1.54, 1.807) is 0 Å². The van der Waals surface area contributed by atoms with Crippen molar-refractivity contribution in [2.45, 2.75) is 44.0 Å². The van der Waals surface area contributed by atoms with Gasteiger partial charge in [-0.25, -0.2) is 13.8 Å². The first kappa shape index (κ1) is 28.3. The number of carbonyl (C=O) groups excluding carboxylic acids is 1. The number of hydrogen-bond acceptors (Lipinski definition) is 9. The standard InChI is InChI=1S/C20H23Cl2FN3O9P/c1-10(17(29)32-3)25-36(31,35-13-5-4-11(21)8-12(13)22)33-9-14-16(28)20(2,23)18(34-14)26-7-6-15(27)24-19(26)30/h4-8,10,14,16,18,28H,9H2,1-3H3,(H,25,31)(H,24,27,30)/t10?,14?,16?,18?,20-,36?/m0/s1. The largest absolute Gasteiger partial charge is 0.468 e. The molecule has 0 amide bonds. The van der Waals surface area contributed by atoms with Gasteiger partial charge in [-0.2, -0.15) is 5.09 Å². The number of esters is 1. The van der Waals surface area contributed by atoms with Crippen molar-refractivity contribution < 1.29 is 37.4 Å². The average Bonchev–Trinajstić information content (AvgIpc) is 3.02. The lowest BCUT2D eigenvalue weighted by molar-refractivity contribution is -0.142. The molecule has 3 rings (SSSR count). The molecule has 12 nitrogen and oxygen atoms in total. The third-order valence-electron chi connectivity index (χ3n) is 5.25. The Balaban J connectivity index is 1.84. The van der Waals surface area contributed by atoms with Gasteiger partial charge in [0.05, 0.1) is 18.7 Å². The topological polar surface area (TPSA) is 158 Å². The molecule has 1 aromatic heterocycles. The van der Waals surface area contributed by atoms with Crippen LogP contribution >= 0.6 is 30.9 Å². The zero-order chi connectivity index (χ0) is 26.8. The molecule has 5 unspecified atom stereocenters. The quantitative estimate of drug-likeness (QED) is 0.302. The van der Waals surface area contributed by atoms with Crippen LogP contribution in [-0.2, 0) is 23.4 Å². The third-order valence-corrected chi connectivity index (χ3v) is 7.41. The highest BCUT2D eigenvalue weighted by Crippen LogP contribution is 2.49. The zero-order valence-electron chi connectivity index (χ0n) is 19.1. The van der Waals surface area contributed by atoms with E-state index in [9.17, 15) is 24.1 Å². The van der Waals surface area contributed by atoms with E-state index in [2.05, 4.69) is 9.82 Å². The summed E-state index contributed by atoms with van der Waals surface area (Å²) in [4.78, 5) is 37.3. The molecule has 1 saturated heterocycles. The van der Waals surface area contributed by atoms with E-state index in [-0.39, 0.29) is 15.8 Å². The predicted molar refractivity (Wildman–Crippen MR) is 126 cm³/mol. The maximum Gasteiger partial charge on any atom is 0.459 e. The molecule has 16 heteroatoms. The van der Waals surface area contributed by atoms with Gasteiger partial charge in [0.15, 0.2) is 11.9 Å². The zero-order valence-corrected chi connectivity index (χ0v) is 21.6. The minimum absolute atomic E-state index is 0.0233. The van der Waals surface area contributed by atoms with Crippen LogP contribution in [0, 0.1) is 0 Å². The van der Waals surface area contributed by atoms with E-state index in [1.165, 1.54) is 25.1 Å². The lowest BCUT2D eigenvalue weighted by Crippen LogP contribution is -2.43. The monoisotopic (exact) mass is 569 g/mol.